The molecule has 0 aromatic heterocycles. The van der Waals surface area contributed by atoms with Gasteiger partial charge < -0.3 is 15.2 Å². The summed E-state index contributed by atoms with van der Waals surface area (Å²) in [4.78, 5) is 0. The van der Waals surface area contributed by atoms with Crippen molar-refractivity contribution < 1.29 is 9.47 Å². The molecule has 0 aliphatic carbocycles. The molecule has 2 aromatic carbocycles. The molecule has 2 rings (SSSR count). The van der Waals surface area contributed by atoms with E-state index < -0.39 is 0 Å². The quantitative estimate of drug-likeness (QED) is 0.549. The molecule has 0 unspecified atom stereocenters. The van der Waals surface area contributed by atoms with Crippen LogP contribution in [0.15, 0.2) is 48.5 Å². The van der Waals surface area contributed by atoms with Crippen LogP contribution in [-0.4, -0.2) is 11.2 Å². The highest BCUT2D eigenvalue weighted by Crippen LogP contribution is 2.36. The van der Waals surface area contributed by atoms with Crippen LogP contribution in [0.4, 0.5) is 0 Å². The number of ether oxygens (including phenoxy) is 2. The molecule has 0 aliphatic rings. The fourth-order valence-electron chi connectivity index (χ4n) is 2.57. The minimum Gasteiger partial charge on any atom is -0.487 e. The van der Waals surface area contributed by atoms with Crippen LogP contribution in [0.1, 0.15) is 86.4 Å². The van der Waals surface area contributed by atoms with E-state index in [0.717, 1.165) is 22.6 Å². The van der Waals surface area contributed by atoms with Gasteiger partial charge in [0.05, 0.1) is 6.04 Å². The SMILES string of the molecule is CC(C)(C)C(C)(C)Oc1ccc(C(N)c2ccc(OC(C)(C)C(C)(C)C)cc2)cc1. The molecule has 0 bridgehead atoms. The summed E-state index contributed by atoms with van der Waals surface area (Å²) in [5.74, 6) is 1.72. The second-order valence-electron chi connectivity index (χ2n) is 11.3. The topological polar surface area (TPSA) is 44.5 Å². The van der Waals surface area contributed by atoms with E-state index in [1.54, 1.807) is 0 Å². The molecule has 2 aromatic rings. The van der Waals surface area contributed by atoms with E-state index in [1.807, 2.05) is 48.5 Å². The summed E-state index contributed by atoms with van der Waals surface area (Å²) in [5, 5.41) is 0. The zero-order chi connectivity index (χ0) is 23.0. The van der Waals surface area contributed by atoms with Crippen molar-refractivity contribution in [2.24, 2.45) is 16.6 Å². The molecule has 166 valence electrons. The molecule has 3 heteroatoms. The molecular formula is C27H41NO2. The summed E-state index contributed by atoms with van der Waals surface area (Å²) in [6.07, 6.45) is 0. The number of nitrogens with two attached hydrogens (primary N) is 1. The molecule has 0 aliphatic heterocycles. The maximum Gasteiger partial charge on any atom is 0.120 e. The Morgan fingerprint density at radius 2 is 0.800 bits per heavy atom. The van der Waals surface area contributed by atoms with Gasteiger partial charge in [-0.1, -0.05) is 65.8 Å². The van der Waals surface area contributed by atoms with Crippen LogP contribution < -0.4 is 15.2 Å². The second-order valence-corrected chi connectivity index (χ2v) is 11.3. The van der Waals surface area contributed by atoms with Gasteiger partial charge in [0.15, 0.2) is 0 Å². The van der Waals surface area contributed by atoms with E-state index >= 15 is 0 Å². The second kappa shape index (κ2) is 8.26. The highest BCUT2D eigenvalue weighted by atomic mass is 16.5. The Labute approximate surface area is 184 Å². The van der Waals surface area contributed by atoms with Crippen LogP contribution >= 0.6 is 0 Å². The summed E-state index contributed by atoms with van der Waals surface area (Å²) >= 11 is 0. The first-order chi connectivity index (χ1) is 13.5. The van der Waals surface area contributed by atoms with E-state index in [-0.39, 0.29) is 28.1 Å². The van der Waals surface area contributed by atoms with Gasteiger partial charge in [-0.25, -0.2) is 0 Å². The molecule has 0 spiro atoms. The Balaban J connectivity index is 2.11. The van der Waals surface area contributed by atoms with Crippen molar-refractivity contribution in [3.63, 3.8) is 0 Å². The zero-order valence-corrected chi connectivity index (χ0v) is 20.6. The highest BCUT2D eigenvalue weighted by molar-refractivity contribution is 5.37. The first-order valence-corrected chi connectivity index (χ1v) is 10.9. The van der Waals surface area contributed by atoms with Crippen molar-refractivity contribution >= 4 is 0 Å². The van der Waals surface area contributed by atoms with Gasteiger partial charge in [-0.15, -0.1) is 0 Å². The maximum atomic E-state index is 6.53. The van der Waals surface area contributed by atoms with Gasteiger partial charge >= 0.3 is 0 Å². The largest absolute Gasteiger partial charge is 0.487 e. The van der Waals surface area contributed by atoms with Crippen LogP contribution in [0.2, 0.25) is 0 Å². The molecule has 0 saturated heterocycles. The Bertz CT molecular complexity index is 748. The van der Waals surface area contributed by atoms with E-state index in [2.05, 4.69) is 69.2 Å². The molecule has 30 heavy (non-hydrogen) atoms. The molecule has 0 atom stereocenters. The first kappa shape index (κ1) is 24.3. The lowest BCUT2D eigenvalue weighted by Gasteiger charge is -2.39. The fraction of sp³-hybridized carbons (Fsp3) is 0.556. The van der Waals surface area contributed by atoms with E-state index in [1.165, 1.54) is 0 Å². The predicted molar refractivity (Wildman–Crippen MR) is 127 cm³/mol. The molecule has 0 amide bonds. The van der Waals surface area contributed by atoms with Crippen molar-refractivity contribution in [3.05, 3.63) is 59.7 Å². The predicted octanol–water partition coefficient (Wildman–Crippen LogP) is 7.14. The van der Waals surface area contributed by atoms with Gasteiger partial charge in [-0.05, 0) is 63.1 Å². The summed E-state index contributed by atoms with van der Waals surface area (Å²) < 4.78 is 12.5. The minimum atomic E-state index is -0.271. The van der Waals surface area contributed by atoms with Crippen molar-refractivity contribution in [3.8, 4) is 11.5 Å². The Morgan fingerprint density at radius 1 is 0.533 bits per heavy atom. The monoisotopic (exact) mass is 411 g/mol. The fourth-order valence-corrected chi connectivity index (χ4v) is 2.57. The lowest BCUT2D eigenvalue weighted by molar-refractivity contribution is 0.000731. The smallest absolute Gasteiger partial charge is 0.120 e. The van der Waals surface area contributed by atoms with Gasteiger partial charge in [0.1, 0.15) is 22.7 Å². The third-order valence-electron chi connectivity index (χ3n) is 6.84. The Kier molecular flexibility index (Phi) is 6.68. The molecule has 3 nitrogen and oxygen atoms in total. The average molecular weight is 412 g/mol. The normalized spacial score (nSPS) is 13.5. The van der Waals surface area contributed by atoms with E-state index in [4.69, 9.17) is 15.2 Å². The van der Waals surface area contributed by atoms with Gasteiger partial charge in [0.25, 0.3) is 0 Å². The van der Waals surface area contributed by atoms with Crippen molar-refractivity contribution in [2.75, 3.05) is 0 Å². The Hall–Kier alpha value is -2.00. The summed E-state index contributed by atoms with van der Waals surface area (Å²) in [6, 6.07) is 16.0. The van der Waals surface area contributed by atoms with Crippen LogP contribution in [0.3, 0.4) is 0 Å². The highest BCUT2D eigenvalue weighted by Gasteiger charge is 2.35. The standard InChI is InChI=1S/C27H41NO2/c1-24(2,3)26(7,8)29-21-15-11-19(12-16-21)23(28)20-13-17-22(18-14-20)30-27(9,10)25(4,5)6/h11-18,23H,28H2,1-10H3. The Morgan fingerprint density at radius 3 is 1.03 bits per heavy atom. The third-order valence-corrected chi connectivity index (χ3v) is 6.84. The van der Waals surface area contributed by atoms with Crippen molar-refractivity contribution in [1.82, 2.24) is 0 Å². The lowest BCUT2D eigenvalue weighted by Crippen LogP contribution is -2.42. The number of hydrogen-bond acceptors (Lipinski definition) is 3. The summed E-state index contributed by atoms with van der Waals surface area (Å²) in [6.45, 7) is 21.6. The molecular weight excluding hydrogens is 370 g/mol. The summed E-state index contributed by atoms with van der Waals surface area (Å²) in [7, 11) is 0. The van der Waals surface area contributed by atoms with Crippen LogP contribution in [0, 0.1) is 10.8 Å². The van der Waals surface area contributed by atoms with Gasteiger partial charge in [0, 0.05) is 10.8 Å². The lowest BCUT2D eigenvalue weighted by atomic mass is 9.79. The molecule has 0 radical (unpaired) electrons. The van der Waals surface area contributed by atoms with E-state index in [0.29, 0.717) is 0 Å². The van der Waals surface area contributed by atoms with Crippen LogP contribution in [0.25, 0.3) is 0 Å². The maximum absolute atomic E-state index is 6.53. The van der Waals surface area contributed by atoms with Gasteiger partial charge in [0.2, 0.25) is 0 Å². The van der Waals surface area contributed by atoms with Gasteiger partial charge in [-0.2, -0.15) is 0 Å². The molecule has 2 N–H and O–H groups in total. The van der Waals surface area contributed by atoms with Gasteiger partial charge in [-0.3, -0.25) is 0 Å². The number of rotatable bonds is 6. The number of hydrogen-bond donors (Lipinski definition) is 1. The molecule has 0 heterocycles. The zero-order valence-electron chi connectivity index (χ0n) is 20.6. The van der Waals surface area contributed by atoms with Crippen LogP contribution in [0.5, 0.6) is 11.5 Å². The van der Waals surface area contributed by atoms with Crippen LogP contribution in [-0.2, 0) is 0 Å². The summed E-state index contributed by atoms with van der Waals surface area (Å²) in [5.41, 5.74) is 8.17. The van der Waals surface area contributed by atoms with E-state index in [9.17, 15) is 0 Å². The average Bonchev–Trinajstić information content (AvgIpc) is 2.60. The number of benzene rings is 2. The third kappa shape index (κ3) is 5.57. The van der Waals surface area contributed by atoms with Crippen molar-refractivity contribution in [2.45, 2.75) is 86.5 Å². The first-order valence-electron chi connectivity index (χ1n) is 10.9. The van der Waals surface area contributed by atoms with Crippen molar-refractivity contribution in [1.29, 1.82) is 0 Å². The minimum absolute atomic E-state index is 0.0352. The molecule has 0 fully saturated rings. The molecule has 0 saturated carbocycles.